The molecule has 0 amide bonds. The van der Waals surface area contributed by atoms with E-state index in [2.05, 4.69) is 0 Å². The third-order valence-electron chi connectivity index (χ3n) is 2.43. The number of phenolic OH excluding ortho intramolecular Hbond substituents is 1. The number of aliphatic hydroxyl groups is 1. The van der Waals surface area contributed by atoms with Crippen molar-refractivity contribution in [3.63, 3.8) is 0 Å². The molecule has 0 bridgehead atoms. The van der Waals surface area contributed by atoms with Crippen LogP contribution < -0.4 is 5.73 Å². The molecule has 0 aliphatic heterocycles. The van der Waals surface area contributed by atoms with E-state index in [0.717, 1.165) is 0 Å². The summed E-state index contributed by atoms with van der Waals surface area (Å²) in [6.45, 7) is 3.73. The van der Waals surface area contributed by atoms with Crippen molar-refractivity contribution < 1.29 is 10.2 Å². The van der Waals surface area contributed by atoms with Crippen LogP contribution in [-0.4, -0.2) is 16.3 Å². The fourth-order valence-corrected chi connectivity index (χ4v) is 1.58. The summed E-state index contributed by atoms with van der Waals surface area (Å²) in [7, 11) is 0. The molecule has 16 heavy (non-hydrogen) atoms. The Labute approximate surface area is 107 Å². The Morgan fingerprint density at radius 1 is 1.31 bits per heavy atom. The Kier molecular flexibility index (Phi) is 6.11. The van der Waals surface area contributed by atoms with Crippen LogP contribution in [0, 0.1) is 5.92 Å². The van der Waals surface area contributed by atoms with Crippen LogP contribution in [0.1, 0.15) is 25.5 Å². The summed E-state index contributed by atoms with van der Waals surface area (Å²) in [4.78, 5) is 0. The minimum Gasteiger partial charge on any atom is -0.506 e. The summed E-state index contributed by atoms with van der Waals surface area (Å²) in [5.74, 6) is -0.0234. The predicted molar refractivity (Wildman–Crippen MR) is 68.1 cm³/mol. The van der Waals surface area contributed by atoms with E-state index < -0.39 is 12.1 Å². The summed E-state index contributed by atoms with van der Waals surface area (Å²) < 4.78 is 0. The average molecular weight is 266 g/mol. The van der Waals surface area contributed by atoms with E-state index in [-0.39, 0.29) is 29.1 Å². The number of hydrogen-bond acceptors (Lipinski definition) is 3. The molecule has 5 heteroatoms. The lowest BCUT2D eigenvalue weighted by atomic mass is 9.94. The van der Waals surface area contributed by atoms with Crippen molar-refractivity contribution in [2.75, 3.05) is 0 Å². The van der Waals surface area contributed by atoms with E-state index in [4.69, 9.17) is 17.3 Å². The van der Waals surface area contributed by atoms with Gasteiger partial charge >= 0.3 is 0 Å². The average Bonchev–Trinajstić information content (AvgIpc) is 2.20. The number of halogens is 2. The lowest BCUT2D eigenvalue weighted by molar-refractivity contribution is 0.0970. The van der Waals surface area contributed by atoms with Crippen molar-refractivity contribution >= 4 is 24.0 Å². The number of aliphatic hydroxyl groups excluding tert-OH is 1. The minimum atomic E-state index is -0.700. The lowest BCUT2D eigenvalue weighted by Gasteiger charge is -2.23. The van der Waals surface area contributed by atoms with Gasteiger partial charge in [0.05, 0.1) is 17.2 Å². The van der Waals surface area contributed by atoms with Gasteiger partial charge in [0.25, 0.3) is 0 Å². The molecule has 0 aliphatic rings. The number of hydrogen-bond donors (Lipinski definition) is 3. The molecule has 1 aromatic rings. The molecule has 2 atom stereocenters. The van der Waals surface area contributed by atoms with Gasteiger partial charge in [-0.15, -0.1) is 12.4 Å². The van der Waals surface area contributed by atoms with Crippen molar-refractivity contribution in [1.29, 1.82) is 0 Å². The second-order valence-electron chi connectivity index (χ2n) is 3.94. The number of para-hydroxylation sites is 1. The molecular formula is C11H17Cl2NO2. The van der Waals surface area contributed by atoms with Crippen molar-refractivity contribution in [1.82, 2.24) is 0 Å². The molecule has 1 aromatic carbocycles. The molecule has 1 rings (SSSR count). The van der Waals surface area contributed by atoms with Gasteiger partial charge in [-0.1, -0.05) is 37.6 Å². The molecule has 0 heterocycles. The van der Waals surface area contributed by atoms with Gasteiger partial charge in [0.1, 0.15) is 5.75 Å². The maximum atomic E-state index is 9.78. The van der Waals surface area contributed by atoms with Crippen LogP contribution in [0.25, 0.3) is 0 Å². The van der Waals surface area contributed by atoms with Crippen LogP contribution in [0.2, 0.25) is 5.02 Å². The minimum absolute atomic E-state index is 0. The highest BCUT2D eigenvalue weighted by molar-refractivity contribution is 6.32. The molecule has 0 fully saturated rings. The zero-order valence-electron chi connectivity index (χ0n) is 9.22. The van der Waals surface area contributed by atoms with Crippen molar-refractivity contribution in [3.8, 4) is 5.75 Å². The fourth-order valence-electron chi connectivity index (χ4n) is 1.40. The number of rotatable bonds is 3. The van der Waals surface area contributed by atoms with Crippen molar-refractivity contribution in [3.05, 3.63) is 28.8 Å². The monoisotopic (exact) mass is 265 g/mol. The first-order chi connectivity index (χ1) is 6.95. The van der Waals surface area contributed by atoms with Crippen molar-refractivity contribution in [2.45, 2.75) is 26.0 Å². The quantitative estimate of drug-likeness (QED) is 0.787. The Balaban J connectivity index is 0.00000225. The van der Waals surface area contributed by atoms with Crippen LogP contribution >= 0.6 is 24.0 Å². The standard InChI is InChI=1S/C11H16ClNO2.ClH/c1-6(2)10(14)9(13)7-4-3-5-8(12)11(7)15;/h3-6,9-10,14-15H,13H2,1-2H3;1H/t9-,10+;/m0./s1. The molecule has 0 radical (unpaired) electrons. The smallest absolute Gasteiger partial charge is 0.139 e. The number of nitrogens with two attached hydrogens (primary N) is 1. The van der Waals surface area contributed by atoms with Gasteiger partial charge in [0, 0.05) is 5.56 Å². The summed E-state index contributed by atoms with van der Waals surface area (Å²) in [6.07, 6.45) is -0.700. The number of phenols is 1. The molecule has 0 aromatic heterocycles. The molecule has 92 valence electrons. The molecule has 0 unspecified atom stereocenters. The van der Waals surface area contributed by atoms with E-state index in [0.29, 0.717) is 5.56 Å². The molecule has 3 nitrogen and oxygen atoms in total. The SMILES string of the molecule is CC(C)[C@@H](O)[C@@H](N)c1cccc(Cl)c1O.Cl. The lowest BCUT2D eigenvalue weighted by Crippen LogP contribution is -2.30. The van der Waals surface area contributed by atoms with Crippen LogP contribution in [-0.2, 0) is 0 Å². The van der Waals surface area contributed by atoms with Gasteiger partial charge in [-0.25, -0.2) is 0 Å². The Hall–Kier alpha value is -0.480. The third kappa shape index (κ3) is 3.25. The topological polar surface area (TPSA) is 66.5 Å². The number of aromatic hydroxyl groups is 1. The first-order valence-electron chi connectivity index (χ1n) is 4.86. The van der Waals surface area contributed by atoms with Gasteiger partial charge < -0.3 is 15.9 Å². The van der Waals surface area contributed by atoms with Crippen LogP contribution in [0.5, 0.6) is 5.75 Å². The van der Waals surface area contributed by atoms with Gasteiger partial charge in [-0.2, -0.15) is 0 Å². The normalized spacial score (nSPS) is 14.4. The van der Waals surface area contributed by atoms with E-state index in [1.807, 2.05) is 13.8 Å². The maximum Gasteiger partial charge on any atom is 0.139 e. The van der Waals surface area contributed by atoms with E-state index in [1.165, 1.54) is 0 Å². The number of benzene rings is 1. The van der Waals surface area contributed by atoms with Crippen LogP contribution in [0.3, 0.4) is 0 Å². The summed E-state index contributed by atoms with van der Waals surface area (Å²) in [5.41, 5.74) is 6.32. The van der Waals surface area contributed by atoms with E-state index in [9.17, 15) is 10.2 Å². The zero-order valence-corrected chi connectivity index (χ0v) is 10.8. The highest BCUT2D eigenvalue weighted by atomic mass is 35.5. The predicted octanol–water partition coefficient (Wildman–Crippen LogP) is 2.48. The molecular weight excluding hydrogens is 249 g/mol. The summed E-state index contributed by atoms with van der Waals surface area (Å²) in [5, 5.41) is 19.7. The van der Waals surface area contributed by atoms with Gasteiger partial charge in [-0.05, 0) is 12.0 Å². The Morgan fingerprint density at radius 3 is 2.38 bits per heavy atom. The summed E-state index contributed by atoms with van der Waals surface area (Å²) in [6, 6.07) is 4.32. The zero-order chi connectivity index (χ0) is 11.6. The molecule has 0 saturated heterocycles. The Bertz CT molecular complexity index is 345. The Morgan fingerprint density at radius 2 is 1.88 bits per heavy atom. The first-order valence-corrected chi connectivity index (χ1v) is 5.24. The second-order valence-corrected chi connectivity index (χ2v) is 4.35. The highest BCUT2D eigenvalue weighted by Crippen LogP contribution is 2.32. The molecule has 0 spiro atoms. The van der Waals surface area contributed by atoms with E-state index >= 15 is 0 Å². The van der Waals surface area contributed by atoms with Crippen molar-refractivity contribution in [2.24, 2.45) is 11.7 Å². The first kappa shape index (κ1) is 15.5. The largest absolute Gasteiger partial charge is 0.506 e. The summed E-state index contributed by atoms with van der Waals surface area (Å²) >= 11 is 5.75. The molecule has 4 N–H and O–H groups in total. The van der Waals surface area contributed by atoms with E-state index in [1.54, 1.807) is 18.2 Å². The van der Waals surface area contributed by atoms with Gasteiger partial charge in [0.2, 0.25) is 0 Å². The van der Waals surface area contributed by atoms with Crippen LogP contribution in [0.15, 0.2) is 18.2 Å². The molecule has 0 aliphatic carbocycles. The van der Waals surface area contributed by atoms with Gasteiger partial charge in [-0.3, -0.25) is 0 Å². The second kappa shape index (κ2) is 6.30. The third-order valence-corrected chi connectivity index (χ3v) is 2.73. The van der Waals surface area contributed by atoms with Crippen LogP contribution in [0.4, 0.5) is 0 Å². The fraction of sp³-hybridized carbons (Fsp3) is 0.455. The van der Waals surface area contributed by atoms with Gasteiger partial charge in [0.15, 0.2) is 0 Å². The molecule has 0 saturated carbocycles. The highest BCUT2D eigenvalue weighted by Gasteiger charge is 2.23. The maximum absolute atomic E-state index is 9.78.